The van der Waals surface area contributed by atoms with Crippen molar-refractivity contribution in [3.63, 3.8) is 0 Å². The van der Waals surface area contributed by atoms with Gasteiger partial charge in [-0.15, -0.1) is 0 Å². The van der Waals surface area contributed by atoms with E-state index >= 15 is 0 Å². The molecule has 0 saturated carbocycles. The van der Waals surface area contributed by atoms with Gasteiger partial charge in [-0.05, 0) is 29.2 Å². The van der Waals surface area contributed by atoms with Gasteiger partial charge < -0.3 is 0 Å². The highest BCUT2D eigenvalue weighted by Crippen LogP contribution is 2.30. The van der Waals surface area contributed by atoms with Crippen LogP contribution in [0.1, 0.15) is 82.1 Å². The van der Waals surface area contributed by atoms with E-state index in [4.69, 9.17) is 0 Å². The van der Waals surface area contributed by atoms with Crippen molar-refractivity contribution < 1.29 is 0 Å². The second-order valence-corrected chi connectivity index (χ2v) is 7.12. The molecule has 0 heteroatoms. The van der Waals surface area contributed by atoms with Crippen LogP contribution < -0.4 is 0 Å². The lowest BCUT2D eigenvalue weighted by Crippen LogP contribution is -2.06. The summed E-state index contributed by atoms with van der Waals surface area (Å²) in [6.45, 7) is 21.5. The average molecular weight is 305 g/mol. The summed E-state index contributed by atoms with van der Waals surface area (Å²) in [5.41, 5.74) is 3.75. The monoisotopic (exact) mass is 304 g/mol. The summed E-state index contributed by atoms with van der Waals surface area (Å²) in [4.78, 5) is 0. The van der Waals surface area contributed by atoms with Crippen molar-refractivity contribution in [3.8, 4) is 0 Å². The van der Waals surface area contributed by atoms with Crippen LogP contribution in [0.2, 0.25) is 0 Å². The minimum atomic E-state index is 0.354. The van der Waals surface area contributed by atoms with Crippen molar-refractivity contribution in [1.29, 1.82) is 0 Å². The van der Waals surface area contributed by atoms with E-state index in [1.54, 1.807) is 5.57 Å². The first kappa shape index (κ1) is 23.2. The molecule has 0 saturated heterocycles. The highest BCUT2D eigenvalue weighted by atomic mass is 14.2. The molecule has 2 aliphatic carbocycles. The zero-order valence-electron chi connectivity index (χ0n) is 16.9. The molecule has 2 aliphatic rings. The van der Waals surface area contributed by atoms with E-state index in [-0.39, 0.29) is 0 Å². The molecule has 0 aliphatic heterocycles. The molecule has 2 rings (SSSR count). The fourth-order valence-corrected chi connectivity index (χ4v) is 2.02. The summed E-state index contributed by atoms with van der Waals surface area (Å²) in [6.07, 6.45) is 15.6. The lowest BCUT2D eigenvalue weighted by Gasteiger charge is -2.19. The molecule has 0 spiro atoms. The standard InChI is InChI=1S/2C9H14.2C2H6/c2*1-9(2,3)8-6-4-5-7-8;2*1-2/h4,6-7H,5H2,1-3H3;4-6H,7H2,1-3H3;2*1-2H3. The molecular formula is C22H40. The molecule has 0 bridgehead atoms. The zero-order chi connectivity index (χ0) is 17.8. The van der Waals surface area contributed by atoms with Gasteiger partial charge in [0.2, 0.25) is 0 Å². The Hall–Kier alpha value is -1.04. The summed E-state index contributed by atoms with van der Waals surface area (Å²) >= 11 is 0. The zero-order valence-corrected chi connectivity index (χ0v) is 16.9. The van der Waals surface area contributed by atoms with E-state index in [0.717, 1.165) is 12.8 Å². The number of hydrogen-bond acceptors (Lipinski definition) is 0. The van der Waals surface area contributed by atoms with Crippen LogP contribution in [0, 0.1) is 10.8 Å². The van der Waals surface area contributed by atoms with Gasteiger partial charge in [-0.3, -0.25) is 0 Å². The number of hydrogen-bond donors (Lipinski definition) is 0. The van der Waals surface area contributed by atoms with Gasteiger partial charge >= 0.3 is 0 Å². The Morgan fingerprint density at radius 2 is 1.32 bits per heavy atom. The largest absolute Gasteiger partial charge is 0.0804 e. The molecule has 0 aromatic heterocycles. The predicted molar refractivity (Wildman–Crippen MR) is 105 cm³/mol. The summed E-state index contributed by atoms with van der Waals surface area (Å²) in [7, 11) is 0. The van der Waals surface area contributed by atoms with Gasteiger partial charge in [0, 0.05) is 0 Å². The summed E-state index contributed by atoms with van der Waals surface area (Å²) in [5, 5.41) is 0. The third kappa shape index (κ3) is 9.82. The fraction of sp³-hybridized carbons (Fsp3) is 0.636. The first-order chi connectivity index (χ1) is 10.2. The van der Waals surface area contributed by atoms with E-state index in [9.17, 15) is 0 Å². The van der Waals surface area contributed by atoms with Crippen molar-refractivity contribution in [2.24, 2.45) is 10.8 Å². The van der Waals surface area contributed by atoms with Crippen LogP contribution in [0.3, 0.4) is 0 Å². The lowest BCUT2D eigenvalue weighted by molar-refractivity contribution is 0.496. The Labute approximate surface area is 141 Å². The van der Waals surface area contributed by atoms with Gasteiger partial charge in [0.25, 0.3) is 0 Å². The van der Waals surface area contributed by atoms with Crippen LogP contribution in [-0.4, -0.2) is 0 Å². The van der Waals surface area contributed by atoms with Gasteiger partial charge in [0.05, 0.1) is 0 Å². The van der Waals surface area contributed by atoms with Gasteiger partial charge in [-0.1, -0.05) is 111 Å². The van der Waals surface area contributed by atoms with Gasteiger partial charge in [-0.2, -0.15) is 0 Å². The molecule has 22 heavy (non-hydrogen) atoms. The van der Waals surface area contributed by atoms with Gasteiger partial charge in [0.1, 0.15) is 0 Å². The SMILES string of the molecule is CC.CC.CC(C)(C)C1=CC=CC1.CC(C)(C)C1=CCC=C1. The number of rotatable bonds is 0. The normalized spacial score (nSPS) is 15.5. The van der Waals surface area contributed by atoms with Crippen molar-refractivity contribution in [3.05, 3.63) is 47.6 Å². The van der Waals surface area contributed by atoms with Crippen LogP contribution in [0.15, 0.2) is 47.6 Å². The Morgan fingerprint density at radius 1 is 0.773 bits per heavy atom. The van der Waals surface area contributed by atoms with E-state index in [0.29, 0.717) is 10.8 Å². The minimum absolute atomic E-state index is 0.354. The molecule has 0 fully saturated rings. The van der Waals surface area contributed by atoms with E-state index < -0.39 is 0 Å². The van der Waals surface area contributed by atoms with Gasteiger partial charge in [-0.25, -0.2) is 0 Å². The average Bonchev–Trinajstić information content (AvgIpc) is 3.16. The van der Waals surface area contributed by atoms with Gasteiger partial charge in [0.15, 0.2) is 0 Å². The maximum absolute atomic E-state index is 2.29. The van der Waals surface area contributed by atoms with E-state index in [1.807, 2.05) is 27.7 Å². The van der Waals surface area contributed by atoms with E-state index in [2.05, 4.69) is 78.0 Å². The smallest absolute Gasteiger partial charge is 0.0127 e. The van der Waals surface area contributed by atoms with Crippen molar-refractivity contribution >= 4 is 0 Å². The molecule has 0 heterocycles. The van der Waals surface area contributed by atoms with E-state index in [1.165, 1.54) is 5.57 Å². The molecule has 0 unspecified atom stereocenters. The molecule has 0 amide bonds. The Morgan fingerprint density at radius 3 is 1.50 bits per heavy atom. The minimum Gasteiger partial charge on any atom is -0.0804 e. The quantitative estimate of drug-likeness (QED) is 0.427. The summed E-state index contributed by atoms with van der Waals surface area (Å²) < 4.78 is 0. The lowest BCUT2D eigenvalue weighted by atomic mass is 9.86. The molecule has 0 aromatic carbocycles. The molecular weight excluding hydrogens is 264 g/mol. The number of allylic oxidation sites excluding steroid dienone is 8. The van der Waals surface area contributed by atoms with Crippen molar-refractivity contribution in [2.75, 3.05) is 0 Å². The molecule has 0 atom stereocenters. The molecule has 0 nitrogen and oxygen atoms in total. The Bertz CT molecular complexity index is 387. The first-order valence-electron chi connectivity index (χ1n) is 8.94. The highest BCUT2D eigenvalue weighted by molar-refractivity contribution is 5.30. The maximum atomic E-state index is 2.29. The Balaban J connectivity index is 0. The molecule has 128 valence electrons. The third-order valence-corrected chi connectivity index (χ3v) is 3.37. The Kier molecular flexibility index (Phi) is 12.2. The van der Waals surface area contributed by atoms with Crippen molar-refractivity contribution in [2.45, 2.75) is 82.1 Å². The molecule has 0 aromatic rings. The van der Waals surface area contributed by atoms with Crippen LogP contribution in [-0.2, 0) is 0 Å². The highest BCUT2D eigenvalue weighted by Gasteiger charge is 2.16. The summed E-state index contributed by atoms with van der Waals surface area (Å²) in [5.74, 6) is 0. The predicted octanol–water partition coefficient (Wildman–Crippen LogP) is 7.89. The van der Waals surface area contributed by atoms with Crippen LogP contribution in [0.25, 0.3) is 0 Å². The van der Waals surface area contributed by atoms with Crippen molar-refractivity contribution in [1.82, 2.24) is 0 Å². The van der Waals surface area contributed by atoms with Crippen LogP contribution >= 0.6 is 0 Å². The fourth-order valence-electron chi connectivity index (χ4n) is 2.02. The summed E-state index contributed by atoms with van der Waals surface area (Å²) in [6, 6.07) is 0. The third-order valence-electron chi connectivity index (χ3n) is 3.37. The van der Waals surface area contributed by atoms with Crippen LogP contribution in [0.4, 0.5) is 0 Å². The maximum Gasteiger partial charge on any atom is -0.0127 e. The molecule has 0 N–H and O–H groups in total. The topological polar surface area (TPSA) is 0 Å². The second kappa shape index (κ2) is 11.5. The van der Waals surface area contributed by atoms with Crippen LogP contribution in [0.5, 0.6) is 0 Å². The second-order valence-electron chi connectivity index (χ2n) is 7.12. The molecule has 0 radical (unpaired) electrons. The first-order valence-corrected chi connectivity index (χ1v) is 8.94.